The van der Waals surface area contributed by atoms with Gasteiger partial charge in [-0.2, -0.15) is 4.31 Å². The van der Waals surface area contributed by atoms with Gasteiger partial charge in [0.05, 0.1) is 5.56 Å². The van der Waals surface area contributed by atoms with Crippen molar-refractivity contribution < 1.29 is 23.1 Å². The number of amides is 2. The standard InChI is InChI=1S/C15H15N3O5S/c1-9-7-10(2)17-13(8-9)18(15(16)21)24(22,23)12-6-4-3-5-11(12)14(19)20/h3-8H,1-2H3,(H2,16,21)(H,19,20). The van der Waals surface area contributed by atoms with Crippen LogP contribution < -0.4 is 10.0 Å². The van der Waals surface area contributed by atoms with Gasteiger partial charge in [-0.05, 0) is 43.7 Å². The number of anilines is 1. The first kappa shape index (κ1) is 17.4. The van der Waals surface area contributed by atoms with Crippen molar-refractivity contribution in [1.29, 1.82) is 0 Å². The number of urea groups is 1. The SMILES string of the molecule is Cc1cc(C)nc(N(C(N)=O)S(=O)(=O)c2ccccc2C(=O)O)c1. The molecule has 8 nitrogen and oxygen atoms in total. The number of carboxylic acids is 1. The van der Waals surface area contributed by atoms with Crippen molar-refractivity contribution in [2.24, 2.45) is 5.73 Å². The summed E-state index contributed by atoms with van der Waals surface area (Å²) >= 11 is 0. The van der Waals surface area contributed by atoms with Crippen molar-refractivity contribution >= 4 is 27.8 Å². The monoisotopic (exact) mass is 349 g/mol. The largest absolute Gasteiger partial charge is 0.478 e. The summed E-state index contributed by atoms with van der Waals surface area (Å²) in [7, 11) is -4.55. The quantitative estimate of drug-likeness (QED) is 0.863. The maximum absolute atomic E-state index is 12.8. The van der Waals surface area contributed by atoms with Crippen LogP contribution in [0.5, 0.6) is 0 Å². The summed E-state index contributed by atoms with van der Waals surface area (Å²) in [6.45, 7) is 3.34. The van der Waals surface area contributed by atoms with Gasteiger partial charge in [0.1, 0.15) is 4.90 Å². The molecule has 1 heterocycles. The zero-order valence-electron chi connectivity index (χ0n) is 12.9. The van der Waals surface area contributed by atoms with E-state index in [0.717, 1.165) is 12.1 Å². The zero-order valence-corrected chi connectivity index (χ0v) is 13.7. The van der Waals surface area contributed by atoms with E-state index < -0.39 is 32.5 Å². The number of aromatic carboxylic acids is 1. The van der Waals surface area contributed by atoms with Crippen molar-refractivity contribution in [3.05, 3.63) is 53.2 Å². The highest BCUT2D eigenvalue weighted by atomic mass is 32.2. The predicted molar refractivity (Wildman–Crippen MR) is 86.4 cm³/mol. The minimum atomic E-state index is -4.55. The lowest BCUT2D eigenvalue weighted by Crippen LogP contribution is -2.42. The van der Waals surface area contributed by atoms with E-state index >= 15 is 0 Å². The lowest BCUT2D eigenvalue weighted by Gasteiger charge is -2.21. The van der Waals surface area contributed by atoms with E-state index in [4.69, 9.17) is 5.73 Å². The highest BCUT2D eigenvalue weighted by Crippen LogP contribution is 2.25. The third kappa shape index (κ3) is 3.20. The second-order valence-corrected chi connectivity index (χ2v) is 6.81. The molecule has 2 rings (SSSR count). The second-order valence-electron chi connectivity index (χ2n) is 5.05. The molecule has 3 N–H and O–H groups in total. The molecule has 126 valence electrons. The number of primary amides is 1. The average molecular weight is 349 g/mol. The molecule has 24 heavy (non-hydrogen) atoms. The van der Waals surface area contributed by atoms with Gasteiger partial charge in [0.25, 0.3) is 10.0 Å². The highest BCUT2D eigenvalue weighted by molar-refractivity contribution is 7.93. The number of carbonyl (C=O) groups is 2. The van der Waals surface area contributed by atoms with Gasteiger partial charge in [-0.25, -0.2) is 23.0 Å². The summed E-state index contributed by atoms with van der Waals surface area (Å²) in [5, 5.41) is 9.19. The van der Waals surface area contributed by atoms with E-state index in [-0.39, 0.29) is 5.82 Å². The van der Waals surface area contributed by atoms with Crippen molar-refractivity contribution in [3.8, 4) is 0 Å². The Morgan fingerprint density at radius 1 is 1.17 bits per heavy atom. The Hall–Kier alpha value is -2.94. The van der Waals surface area contributed by atoms with Crippen LogP contribution in [-0.2, 0) is 10.0 Å². The van der Waals surface area contributed by atoms with Crippen LogP contribution in [-0.4, -0.2) is 30.5 Å². The fraction of sp³-hybridized carbons (Fsp3) is 0.133. The average Bonchev–Trinajstić information content (AvgIpc) is 2.45. The predicted octanol–water partition coefficient (Wildman–Crippen LogP) is 1.67. The molecule has 0 saturated heterocycles. The number of sulfonamides is 1. The number of carboxylic acid groups (broad SMARTS) is 1. The molecule has 0 bridgehead atoms. The number of rotatable bonds is 4. The first-order chi connectivity index (χ1) is 11.1. The van der Waals surface area contributed by atoms with Gasteiger partial charge in [-0.1, -0.05) is 12.1 Å². The molecule has 0 unspecified atom stereocenters. The van der Waals surface area contributed by atoms with Gasteiger partial charge in [0, 0.05) is 5.69 Å². The molecule has 2 amide bonds. The van der Waals surface area contributed by atoms with Crippen LogP contribution in [0.25, 0.3) is 0 Å². The van der Waals surface area contributed by atoms with Gasteiger partial charge in [-0.15, -0.1) is 0 Å². The molecule has 1 aromatic heterocycles. The summed E-state index contributed by atoms with van der Waals surface area (Å²) < 4.78 is 26.0. The van der Waals surface area contributed by atoms with Gasteiger partial charge in [0.2, 0.25) is 0 Å². The van der Waals surface area contributed by atoms with Crippen LogP contribution >= 0.6 is 0 Å². The first-order valence-electron chi connectivity index (χ1n) is 6.77. The van der Waals surface area contributed by atoms with Gasteiger partial charge in [-0.3, -0.25) is 0 Å². The van der Waals surface area contributed by atoms with Gasteiger partial charge in [0.15, 0.2) is 5.82 Å². The van der Waals surface area contributed by atoms with Crippen molar-refractivity contribution in [3.63, 3.8) is 0 Å². The maximum atomic E-state index is 12.8. The molecule has 0 saturated carbocycles. The Morgan fingerprint density at radius 3 is 2.33 bits per heavy atom. The van der Waals surface area contributed by atoms with Crippen LogP contribution in [0.3, 0.4) is 0 Å². The molecular formula is C15H15N3O5S. The Morgan fingerprint density at radius 2 is 1.79 bits per heavy atom. The number of nitrogens with two attached hydrogens (primary N) is 1. The maximum Gasteiger partial charge on any atom is 0.337 e. The van der Waals surface area contributed by atoms with E-state index in [1.54, 1.807) is 19.9 Å². The summed E-state index contributed by atoms with van der Waals surface area (Å²) in [5.41, 5.74) is 5.93. The second kappa shape index (κ2) is 6.28. The third-order valence-electron chi connectivity index (χ3n) is 3.13. The number of pyridine rings is 1. The van der Waals surface area contributed by atoms with E-state index in [1.165, 1.54) is 18.2 Å². The summed E-state index contributed by atoms with van der Waals surface area (Å²) in [4.78, 5) is 26.6. The molecular weight excluding hydrogens is 334 g/mol. The molecule has 9 heteroatoms. The smallest absolute Gasteiger partial charge is 0.337 e. The number of nitrogens with zero attached hydrogens (tertiary/aromatic N) is 2. The number of hydrogen-bond donors (Lipinski definition) is 2. The molecule has 0 fully saturated rings. The van der Waals surface area contributed by atoms with Gasteiger partial charge < -0.3 is 10.8 Å². The highest BCUT2D eigenvalue weighted by Gasteiger charge is 2.33. The normalized spacial score (nSPS) is 11.1. The molecule has 0 radical (unpaired) electrons. The molecule has 0 aliphatic heterocycles. The number of aromatic nitrogens is 1. The lowest BCUT2D eigenvalue weighted by molar-refractivity contribution is 0.0692. The minimum Gasteiger partial charge on any atom is -0.478 e. The Bertz CT molecular complexity index is 904. The number of hydrogen-bond acceptors (Lipinski definition) is 5. The Balaban J connectivity index is 2.72. The molecule has 2 aromatic rings. The van der Waals surface area contributed by atoms with E-state index in [2.05, 4.69) is 4.98 Å². The zero-order chi connectivity index (χ0) is 18.1. The Labute approximate surface area is 138 Å². The molecule has 0 atom stereocenters. The van der Waals surface area contributed by atoms with E-state index in [9.17, 15) is 23.1 Å². The molecule has 0 spiro atoms. The van der Waals surface area contributed by atoms with Crippen LogP contribution in [0.1, 0.15) is 21.6 Å². The van der Waals surface area contributed by atoms with Crippen molar-refractivity contribution in [1.82, 2.24) is 4.98 Å². The topological polar surface area (TPSA) is 131 Å². The van der Waals surface area contributed by atoms with Crippen LogP contribution in [0.15, 0.2) is 41.3 Å². The molecule has 1 aromatic carbocycles. The van der Waals surface area contributed by atoms with Crippen molar-refractivity contribution in [2.75, 3.05) is 4.31 Å². The van der Waals surface area contributed by atoms with E-state index in [1.807, 2.05) is 0 Å². The molecule has 0 aliphatic rings. The lowest BCUT2D eigenvalue weighted by atomic mass is 10.2. The number of carbonyl (C=O) groups excluding carboxylic acids is 1. The fourth-order valence-corrected chi connectivity index (χ4v) is 3.70. The van der Waals surface area contributed by atoms with Crippen LogP contribution in [0.2, 0.25) is 0 Å². The Kier molecular flexibility index (Phi) is 4.56. The van der Waals surface area contributed by atoms with E-state index in [0.29, 0.717) is 15.6 Å². The van der Waals surface area contributed by atoms with Gasteiger partial charge >= 0.3 is 12.0 Å². The summed E-state index contributed by atoms with van der Waals surface area (Å²) in [6.07, 6.45) is 0. The number of aryl methyl sites for hydroxylation is 2. The summed E-state index contributed by atoms with van der Waals surface area (Å²) in [5.74, 6) is -1.63. The first-order valence-corrected chi connectivity index (χ1v) is 8.21. The third-order valence-corrected chi connectivity index (χ3v) is 4.89. The fourth-order valence-electron chi connectivity index (χ4n) is 2.25. The summed E-state index contributed by atoms with van der Waals surface area (Å²) in [6, 6.07) is 6.74. The van der Waals surface area contributed by atoms with Crippen molar-refractivity contribution in [2.45, 2.75) is 18.7 Å². The van der Waals surface area contributed by atoms with Crippen LogP contribution in [0, 0.1) is 13.8 Å². The molecule has 0 aliphatic carbocycles. The minimum absolute atomic E-state index is 0.194. The number of benzene rings is 1. The van der Waals surface area contributed by atoms with Crippen LogP contribution in [0.4, 0.5) is 10.6 Å².